The lowest BCUT2D eigenvalue weighted by Gasteiger charge is -1.96. The number of nitrogens with zero attached hydrogens (tertiary/aromatic N) is 2. The Labute approximate surface area is 84.9 Å². The molecule has 1 aromatic carbocycles. The van der Waals surface area contributed by atoms with E-state index in [9.17, 15) is 0 Å². The Morgan fingerprint density at radius 3 is 2.31 bits per heavy atom. The summed E-state index contributed by atoms with van der Waals surface area (Å²) in [6, 6.07) is 11.0. The summed E-state index contributed by atoms with van der Waals surface area (Å²) >= 11 is 3.29. The molecule has 0 saturated carbocycles. The monoisotopic (exact) mass is 232 g/mol. The highest BCUT2D eigenvalue weighted by Gasteiger charge is 1.98. The van der Waals surface area contributed by atoms with Crippen LogP contribution in [-0.2, 0) is 0 Å². The predicted molar refractivity (Wildman–Crippen MR) is 53.3 cm³/mol. The molecule has 0 aliphatic rings. The van der Waals surface area contributed by atoms with Crippen LogP contribution in [0.2, 0.25) is 0 Å². The molecule has 1 aromatic rings. The fourth-order valence-corrected chi connectivity index (χ4v) is 1.14. The van der Waals surface area contributed by atoms with Crippen molar-refractivity contribution < 1.29 is 0 Å². The maximum absolute atomic E-state index is 8.70. The van der Waals surface area contributed by atoms with Gasteiger partial charge in [0, 0.05) is 10.5 Å². The normalized spacial score (nSPS) is 10.2. The SMILES string of the molecule is N#CC=C(C#N)c1ccc(Br)cc1. The summed E-state index contributed by atoms with van der Waals surface area (Å²) in [5, 5.41) is 17.1. The van der Waals surface area contributed by atoms with Crippen LogP contribution < -0.4 is 0 Å². The second-order valence-corrected chi connectivity index (χ2v) is 3.22. The Bertz CT molecular complexity index is 404. The minimum Gasteiger partial charge on any atom is -0.193 e. The van der Waals surface area contributed by atoms with E-state index in [1.54, 1.807) is 12.1 Å². The summed E-state index contributed by atoms with van der Waals surface area (Å²) in [6.07, 6.45) is 1.24. The maximum Gasteiger partial charge on any atom is 0.101 e. The fraction of sp³-hybridized carbons (Fsp3) is 0. The van der Waals surface area contributed by atoms with Gasteiger partial charge in [0.05, 0.1) is 11.6 Å². The lowest BCUT2D eigenvalue weighted by atomic mass is 10.1. The van der Waals surface area contributed by atoms with Gasteiger partial charge in [-0.15, -0.1) is 0 Å². The minimum absolute atomic E-state index is 0.384. The van der Waals surface area contributed by atoms with Crippen molar-refractivity contribution in [3.63, 3.8) is 0 Å². The summed E-state index contributed by atoms with van der Waals surface area (Å²) in [6.45, 7) is 0. The molecule has 13 heavy (non-hydrogen) atoms. The van der Waals surface area contributed by atoms with Gasteiger partial charge in [0.15, 0.2) is 0 Å². The van der Waals surface area contributed by atoms with Crippen molar-refractivity contribution in [3.05, 3.63) is 40.4 Å². The molecule has 0 unspecified atom stereocenters. The maximum atomic E-state index is 8.70. The standard InChI is InChI=1S/C10H5BrN2/c11-10-3-1-8(2-4-10)9(7-13)5-6-12/h1-5H. The van der Waals surface area contributed by atoms with Crippen LogP contribution in [0.25, 0.3) is 5.57 Å². The molecule has 0 bridgehead atoms. The van der Waals surface area contributed by atoms with Gasteiger partial charge in [0.2, 0.25) is 0 Å². The lowest BCUT2D eigenvalue weighted by molar-refractivity contribution is 1.50. The molecule has 0 heterocycles. The first-order valence-corrected chi connectivity index (χ1v) is 4.33. The highest BCUT2D eigenvalue weighted by Crippen LogP contribution is 2.16. The molecule has 0 radical (unpaired) electrons. The number of rotatable bonds is 1. The van der Waals surface area contributed by atoms with Crippen molar-refractivity contribution in [1.82, 2.24) is 0 Å². The van der Waals surface area contributed by atoms with Gasteiger partial charge in [0.25, 0.3) is 0 Å². The molecular formula is C10H5BrN2. The van der Waals surface area contributed by atoms with E-state index in [0.717, 1.165) is 10.0 Å². The third kappa shape index (κ3) is 2.43. The van der Waals surface area contributed by atoms with Crippen molar-refractivity contribution in [2.45, 2.75) is 0 Å². The van der Waals surface area contributed by atoms with E-state index in [0.29, 0.717) is 5.57 Å². The van der Waals surface area contributed by atoms with Gasteiger partial charge < -0.3 is 0 Å². The predicted octanol–water partition coefficient (Wildman–Crippen LogP) is 2.88. The fourth-order valence-electron chi connectivity index (χ4n) is 0.874. The summed E-state index contributed by atoms with van der Waals surface area (Å²) in [7, 11) is 0. The van der Waals surface area contributed by atoms with E-state index in [-0.39, 0.29) is 0 Å². The van der Waals surface area contributed by atoms with Gasteiger partial charge in [0.1, 0.15) is 6.07 Å². The summed E-state index contributed by atoms with van der Waals surface area (Å²) in [5.41, 5.74) is 1.14. The third-order valence-corrected chi connectivity index (χ3v) is 2.01. The van der Waals surface area contributed by atoms with Gasteiger partial charge in [-0.1, -0.05) is 28.1 Å². The Morgan fingerprint density at radius 2 is 1.85 bits per heavy atom. The van der Waals surface area contributed by atoms with Crippen molar-refractivity contribution in [1.29, 1.82) is 10.5 Å². The largest absolute Gasteiger partial charge is 0.193 e. The molecule has 0 amide bonds. The molecule has 0 aliphatic carbocycles. The molecule has 3 heteroatoms. The molecule has 62 valence electrons. The van der Waals surface area contributed by atoms with Crippen molar-refractivity contribution >= 4 is 21.5 Å². The molecule has 2 nitrogen and oxygen atoms in total. The van der Waals surface area contributed by atoms with Crippen LogP contribution in [0, 0.1) is 22.7 Å². The van der Waals surface area contributed by atoms with Crippen LogP contribution in [0.1, 0.15) is 5.56 Å². The van der Waals surface area contributed by atoms with E-state index in [2.05, 4.69) is 15.9 Å². The number of nitriles is 2. The highest BCUT2D eigenvalue weighted by molar-refractivity contribution is 9.10. The van der Waals surface area contributed by atoms with Crippen molar-refractivity contribution in [2.24, 2.45) is 0 Å². The molecule has 0 spiro atoms. The van der Waals surface area contributed by atoms with E-state index in [1.165, 1.54) is 6.08 Å². The molecule has 0 saturated heterocycles. The van der Waals surface area contributed by atoms with Crippen LogP contribution in [0.5, 0.6) is 0 Å². The molecular weight excluding hydrogens is 228 g/mol. The zero-order valence-electron chi connectivity index (χ0n) is 6.66. The summed E-state index contributed by atoms with van der Waals surface area (Å²) < 4.78 is 0.950. The minimum atomic E-state index is 0.384. The second kappa shape index (κ2) is 4.45. The first-order valence-electron chi connectivity index (χ1n) is 3.53. The van der Waals surface area contributed by atoms with E-state index in [1.807, 2.05) is 24.3 Å². The third-order valence-electron chi connectivity index (χ3n) is 1.48. The Kier molecular flexibility index (Phi) is 3.25. The highest BCUT2D eigenvalue weighted by atomic mass is 79.9. The van der Waals surface area contributed by atoms with Crippen LogP contribution >= 0.6 is 15.9 Å². The Hall–Kier alpha value is -1.58. The lowest BCUT2D eigenvalue weighted by Crippen LogP contribution is -1.79. The van der Waals surface area contributed by atoms with E-state index in [4.69, 9.17) is 10.5 Å². The van der Waals surface area contributed by atoms with Gasteiger partial charge in [-0.2, -0.15) is 10.5 Å². The Morgan fingerprint density at radius 1 is 1.23 bits per heavy atom. The van der Waals surface area contributed by atoms with Crippen molar-refractivity contribution in [3.8, 4) is 12.1 Å². The summed E-state index contributed by atoms with van der Waals surface area (Å²) in [4.78, 5) is 0. The van der Waals surface area contributed by atoms with E-state index < -0.39 is 0 Å². The first kappa shape index (κ1) is 9.51. The van der Waals surface area contributed by atoms with Crippen LogP contribution in [0.4, 0.5) is 0 Å². The number of benzene rings is 1. The average molecular weight is 233 g/mol. The second-order valence-electron chi connectivity index (χ2n) is 2.31. The van der Waals surface area contributed by atoms with Crippen molar-refractivity contribution in [2.75, 3.05) is 0 Å². The molecule has 1 rings (SSSR count). The number of hydrogen-bond donors (Lipinski definition) is 0. The number of allylic oxidation sites excluding steroid dienone is 2. The van der Waals surface area contributed by atoms with E-state index >= 15 is 0 Å². The number of hydrogen-bond acceptors (Lipinski definition) is 2. The smallest absolute Gasteiger partial charge is 0.101 e. The van der Waals surface area contributed by atoms with Gasteiger partial charge in [-0.25, -0.2) is 0 Å². The molecule has 0 N–H and O–H groups in total. The summed E-state index contributed by atoms with van der Waals surface area (Å²) in [5.74, 6) is 0. The quantitative estimate of drug-likeness (QED) is 0.700. The van der Waals surface area contributed by atoms with Crippen LogP contribution in [0.3, 0.4) is 0 Å². The molecule has 0 atom stereocenters. The van der Waals surface area contributed by atoms with Crippen LogP contribution in [-0.4, -0.2) is 0 Å². The van der Waals surface area contributed by atoms with Crippen LogP contribution in [0.15, 0.2) is 34.8 Å². The van der Waals surface area contributed by atoms with Gasteiger partial charge >= 0.3 is 0 Å². The Balaban J connectivity index is 3.10. The zero-order chi connectivity index (χ0) is 9.68. The molecule has 0 aliphatic heterocycles. The first-order chi connectivity index (χ1) is 6.27. The van der Waals surface area contributed by atoms with Gasteiger partial charge in [-0.05, 0) is 17.7 Å². The molecule has 0 aromatic heterocycles. The van der Waals surface area contributed by atoms with Gasteiger partial charge in [-0.3, -0.25) is 0 Å². The zero-order valence-corrected chi connectivity index (χ0v) is 8.25. The number of halogens is 1. The topological polar surface area (TPSA) is 47.6 Å². The average Bonchev–Trinajstić information content (AvgIpc) is 2.16. The molecule has 0 fully saturated rings.